The number of piperidine rings is 2. The third-order valence-electron chi connectivity index (χ3n) is 5.58. The average molecular weight is 280 g/mol. The zero-order valence-electron chi connectivity index (χ0n) is 13.2. The van der Waals surface area contributed by atoms with Gasteiger partial charge in [0.2, 0.25) is 0 Å². The van der Waals surface area contributed by atoms with Crippen LogP contribution in [0.5, 0.6) is 0 Å². The van der Waals surface area contributed by atoms with Crippen molar-refractivity contribution in [1.82, 2.24) is 20.0 Å². The second-order valence-corrected chi connectivity index (χ2v) is 7.06. The number of hydrogen-bond acceptors (Lipinski definition) is 4. The molecule has 0 amide bonds. The van der Waals surface area contributed by atoms with Gasteiger partial charge in [0.05, 0.1) is 0 Å². The summed E-state index contributed by atoms with van der Waals surface area (Å²) in [6, 6.07) is 0.881. The molecular weight excluding hydrogens is 248 g/mol. The molecule has 0 bridgehead atoms. The molecule has 0 spiro atoms. The summed E-state index contributed by atoms with van der Waals surface area (Å²) in [4.78, 5) is 7.95. The lowest BCUT2D eigenvalue weighted by Gasteiger charge is -2.42. The Balaban J connectivity index is 1.38. The Labute approximate surface area is 124 Å². The number of likely N-dealkylation sites (tertiary alicyclic amines) is 2. The van der Waals surface area contributed by atoms with Crippen LogP contribution in [0.25, 0.3) is 0 Å². The fraction of sp³-hybridized carbons (Fsp3) is 1.00. The van der Waals surface area contributed by atoms with E-state index in [1.165, 1.54) is 84.6 Å². The van der Waals surface area contributed by atoms with Gasteiger partial charge < -0.3 is 20.0 Å². The molecule has 0 aromatic carbocycles. The first-order valence-corrected chi connectivity index (χ1v) is 8.67. The molecule has 0 unspecified atom stereocenters. The third-order valence-corrected chi connectivity index (χ3v) is 5.58. The van der Waals surface area contributed by atoms with Gasteiger partial charge in [-0.15, -0.1) is 0 Å². The largest absolute Gasteiger partial charge is 0.314 e. The summed E-state index contributed by atoms with van der Waals surface area (Å²) in [6.45, 7) is 11.5. The monoisotopic (exact) mass is 280 g/mol. The Kier molecular flexibility index (Phi) is 5.32. The van der Waals surface area contributed by atoms with Crippen molar-refractivity contribution in [3.05, 3.63) is 0 Å². The molecule has 4 nitrogen and oxygen atoms in total. The van der Waals surface area contributed by atoms with Crippen LogP contribution >= 0.6 is 0 Å². The van der Waals surface area contributed by atoms with Crippen molar-refractivity contribution in [3.63, 3.8) is 0 Å². The number of rotatable bonds is 3. The molecule has 4 heteroatoms. The van der Waals surface area contributed by atoms with Gasteiger partial charge >= 0.3 is 0 Å². The minimum atomic E-state index is 0.881. The average Bonchev–Trinajstić information content (AvgIpc) is 2.50. The summed E-state index contributed by atoms with van der Waals surface area (Å²) >= 11 is 0. The fourth-order valence-corrected chi connectivity index (χ4v) is 4.12. The molecule has 0 radical (unpaired) electrons. The summed E-state index contributed by atoms with van der Waals surface area (Å²) in [5.74, 6) is 0.954. The predicted molar refractivity (Wildman–Crippen MR) is 84.1 cm³/mol. The first-order chi connectivity index (χ1) is 9.81. The zero-order valence-corrected chi connectivity index (χ0v) is 13.2. The Morgan fingerprint density at radius 3 is 2.15 bits per heavy atom. The van der Waals surface area contributed by atoms with Crippen LogP contribution in [0, 0.1) is 5.92 Å². The van der Waals surface area contributed by atoms with Gasteiger partial charge in [0.15, 0.2) is 0 Å². The van der Waals surface area contributed by atoms with Gasteiger partial charge in [-0.05, 0) is 64.8 Å². The lowest BCUT2D eigenvalue weighted by Crippen LogP contribution is -2.49. The predicted octanol–water partition coefficient (Wildman–Crippen LogP) is 0.698. The maximum absolute atomic E-state index is 3.45. The van der Waals surface area contributed by atoms with E-state index in [-0.39, 0.29) is 0 Å². The van der Waals surface area contributed by atoms with E-state index < -0.39 is 0 Å². The van der Waals surface area contributed by atoms with Gasteiger partial charge in [0, 0.05) is 38.8 Å². The lowest BCUT2D eigenvalue weighted by molar-refractivity contribution is 0.0733. The van der Waals surface area contributed by atoms with Crippen LogP contribution in [0.3, 0.4) is 0 Å². The van der Waals surface area contributed by atoms with Crippen molar-refractivity contribution in [2.75, 3.05) is 66.0 Å². The fourth-order valence-electron chi connectivity index (χ4n) is 4.12. The molecule has 3 saturated heterocycles. The molecule has 116 valence electrons. The van der Waals surface area contributed by atoms with E-state index in [9.17, 15) is 0 Å². The topological polar surface area (TPSA) is 21.8 Å². The van der Waals surface area contributed by atoms with E-state index in [1.54, 1.807) is 0 Å². The zero-order chi connectivity index (χ0) is 13.8. The standard InChI is InChI=1S/C16H32N4/c1-18-8-4-16(5-9-18)20-10-2-15(3-11-20)14-19-12-6-17-7-13-19/h15-17H,2-14H2,1H3. The molecule has 0 aromatic heterocycles. The summed E-state index contributed by atoms with van der Waals surface area (Å²) in [7, 11) is 2.26. The summed E-state index contributed by atoms with van der Waals surface area (Å²) in [5, 5.41) is 3.45. The van der Waals surface area contributed by atoms with Crippen LogP contribution in [0.4, 0.5) is 0 Å². The molecule has 0 atom stereocenters. The first-order valence-electron chi connectivity index (χ1n) is 8.67. The maximum atomic E-state index is 3.45. The normalized spacial score (nSPS) is 29.9. The quantitative estimate of drug-likeness (QED) is 0.821. The number of hydrogen-bond donors (Lipinski definition) is 1. The van der Waals surface area contributed by atoms with Crippen molar-refractivity contribution >= 4 is 0 Å². The molecule has 20 heavy (non-hydrogen) atoms. The summed E-state index contributed by atoms with van der Waals surface area (Å²) in [6.07, 6.45) is 5.63. The molecule has 1 N–H and O–H groups in total. The molecule has 0 aliphatic carbocycles. The first kappa shape index (κ1) is 14.8. The van der Waals surface area contributed by atoms with Crippen LogP contribution in [-0.2, 0) is 0 Å². The number of nitrogens with one attached hydrogen (secondary N) is 1. The Hall–Kier alpha value is -0.160. The molecule has 0 aromatic rings. The molecule has 3 aliphatic heterocycles. The maximum Gasteiger partial charge on any atom is 0.0120 e. The van der Waals surface area contributed by atoms with Gasteiger partial charge in [-0.1, -0.05) is 0 Å². The summed E-state index contributed by atoms with van der Waals surface area (Å²) in [5.41, 5.74) is 0. The highest BCUT2D eigenvalue weighted by Gasteiger charge is 2.28. The van der Waals surface area contributed by atoms with Gasteiger partial charge in [-0.2, -0.15) is 0 Å². The van der Waals surface area contributed by atoms with E-state index in [0.717, 1.165) is 12.0 Å². The van der Waals surface area contributed by atoms with Crippen molar-refractivity contribution in [3.8, 4) is 0 Å². The molecule has 3 rings (SSSR count). The summed E-state index contributed by atoms with van der Waals surface area (Å²) < 4.78 is 0. The number of piperazine rings is 1. The molecular formula is C16H32N4. The smallest absolute Gasteiger partial charge is 0.0120 e. The second-order valence-electron chi connectivity index (χ2n) is 7.06. The van der Waals surface area contributed by atoms with E-state index in [1.807, 2.05) is 0 Å². The van der Waals surface area contributed by atoms with Crippen LogP contribution < -0.4 is 5.32 Å². The van der Waals surface area contributed by atoms with E-state index in [4.69, 9.17) is 0 Å². The van der Waals surface area contributed by atoms with Crippen LogP contribution in [0.15, 0.2) is 0 Å². The second kappa shape index (κ2) is 7.21. The highest BCUT2D eigenvalue weighted by molar-refractivity contribution is 4.83. The molecule has 0 saturated carbocycles. The highest BCUT2D eigenvalue weighted by atomic mass is 15.2. The Morgan fingerprint density at radius 2 is 1.50 bits per heavy atom. The van der Waals surface area contributed by atoms with Crippen molar-refractivity contribution in [2.45, 2.75) is 31.7 Å². The third kappa shape index (κ3) is 3.94. The van der Waals surface area contributed by atoms with Crippen LogP contribution in [-0.4, -0.2) is 86.7 Å². The Bertz CT molecular complexity index is 274. The van der Waals surface area contributed by atoms with Crippen molar-refractivity contribution in [1.29, 1.82) is 0 Å². The van der Waals surface area contributed by atoms with Crippen LogP contribution in [0.1, 0.15) is 25.7 Å². The number of nitrogens with zero attached hydrogens (tertiary/aromatic N) is 3. The minimum absolute atomic E-state index is 0.881. The van der Waals surface area contributed by atoms with Crippen molar-refractivity contribution in [2.24, 2.45) is 5.92 Å². The van der Waals surface area contributed by atoms with E-state index in [2.05, 4.69) is 27.1 Å². The highest BCUT2D eigenvalue weighted by Crippen LogP contribution is 2.24. The molecule has 3 aliphatic rings. The SMILES string of the molecule is CN1CCC(N2CCC(CN3CCNCC3)CC2)CC1. The minimum Gasteiger partial charge on any atom is -0.314 e. The lowest BCUT2D eigenvalue weighted by atomic mass is 9.93. The van der Waals surface area contributed by atoms with E-state index in [0.29, 0.717) is 0 Å². The van der Waals surface area contributed by atoms with E-state index >= 15 is 0 Å². The van der Waals surface area contributed by atoms with Gasteiger partial charge in [0.1, 0.15) is 0 Å². The Morgan fingerprint density at radius 1 is 0.850 bits per heavy atom. The molecule has 3 heterocycles. The molecule has 3 fully saturated rings. The van der Waals surface area contributed by atoms with Gasteiger partial charge in [-0.3, -0.25) is 0 Å². The van der Waals surface area contributed by atoms with Gasteiger partial charge in [0.25, 0.3) is 0 Å². The van der Waals surface area contributed by atoms with Crippen LogP contribution in [0.2, 0.25) is 0 Å². The van der Waals surface area contributed by atoms with Gasteiger partial charge in [-0.25, -0.2) is 0 Å². The van der Waals surface area contributed by atoms with Crippen molar-refractivity contribution < 1.29 is 0 Å².